The van der Waals surface area contributed by atoms with Gasteiger partial charge in [-0.05, 0) is 38.5 Å². The zero-order chi connectivity index (χ0) is 12.8. The predicted octanol–water partition coefficient (Wildman–Crippen LogP) is 2.96. The van der Waals surface area contributed by atoms with E-state index in [1.54, 1.807) is 6.07 Å². The minimum absolute atomic E-state index is 0.0740. The minimum atomic E-state index is -0.971. The molecule has 0 aliphatic heterocycles. The van der Waals surface area contributed by atoms with Crippen molar-refractivity contribution in [2.24, 2.45) is 0 Å². The quantitative estimate of drug-likeness (QED) is 0.827. The van der Waals surface area contributed by atoms with Gasteiger partial charge in [-0.2, -0.15) is 0 Å². The molecule has 1 aromatic rings. The fraction of sp³-hybridized carbons (Fsp3) is 0.462. The predicted molar refractivity (Wildman–Crippen MR) is 65.0 cm³/mol. The molecule has 0 saturated carbocycles. The summed E-state index contributed by atoms with van der Waals surface area (Å²) in [4.78, 5) is 10.9. The summed E-state index contributed by atoms with van der Waals surface area (Å²) in [6.45, 7) is 6.30. The molecule has 0 amide bonds. The van der Waals surface area contributed by atoms with Crippen LogP contribution in [-0.2, 0) is 0 Å². The Hall–Kier alpha value is -1.71. The number of hydrogen-bond acceptors (Lipinski definition) is 3. The van der Waals surface area contributed by atoms with Crippen molar-refractivity contribution < 1.29 is 19.4 Å². The summed E-state index contributed by atoms with van der Waals surface area (Å²) >= 11 is 0. The van der Waals surface area contributed by atoms with Crippen LogP contribution < -0.4 is 9.47 Å². The van der Waals surface area contributed by atoms with E-state index in [0.717, 1.165) is 6.42 Å². The second-order valence-corrected chi connectivity index (χ2v) is 3.74. The molecule has 0 aliphatic carbocycles. The Labute approximate surface area is 101 Å². The van der Waals surface area contributed by atoms with E-state index in [0.29, 0.717) is 18.1 Å². The van der Waals surface area contributed by atoms with E-state index in [-0.39, 0.29) is 11.7 Å². The van der Waals surface area contributed by atoms with Crippen LogP contribution in [-0.4, -0.2) is 23.8 Å². The van der Waals surface area contributed by atoms with E-state index in [1.807, 2.05) is 20.8 Å². The highest BCUT2D eigenvalue weighted by Crippen LogP contribution is 2.29. The molecule has 0 heterocycles. The standard InChI is InChI=1S/C13H18O4/c1-4-9(3)17-11-7-6-10(13(14)15)8-12(11)16-5-2/h6-9H,4-5H2,1-3H3,(H,14,15). The van der Waals surface area contributed by atoms with Gasteiger partial charge in [0.15, 0.2) is 11.5 Å². The monoisotopic (exact) mass is 238 g/mol. The summed E-state index contributed by atoms with van der Waals surface area (Å²) in [5, 5.41) is 8.90. The maximum Gasteiger partial charge on any atom is 0.335 e. The molecule has 1 aromatic carbocycles. The van der Waals surface area contributed by atoms with Crippen molar-refractivity contribution in [3.05, 3.63) is 23.8 Å². The summed E-state index contributed by atoms with van der Waals surface area (Å²) in [6.07, 6.45) is 0.955. The number of carbonyl (C=O) groups is 1. The SMILES string of the molecule is CCOc1cc(C(=O)O)ccc1OC(C)CC. The van der Waals surface area contributed by atoms with Gasteiger partial charge in [-0.1, -0.05) is 6.92 Å². The van der Waals surface area contributed by atoms with E-state index in [4.69, 9.17) is 14.6 Å². The smallest absolute Gasteiger partial charge is 0.335 e. The number of hydrogen-bond donors (Lipinski definition) is 1. The third-order valence-corrected chi connectivity index (χ3v) is 2.39. The molecular weight excluding hydrogens is 220 g/mol. The van der Waals surface area contributed by atoms with Crippen LogP contribution in [0.3, 0.4) is 0 Å². The minimum Gasteiger partial charge on any atom is -0.490 e. The van der Waals surface area contributed by atoms with Crippen LogP contribution in [0.15, 0.2) is 18.2 Å². The van der Waals surface area contributed by atoms with Crippen molar-refractivity contribution in [1.29, 1.82) is 0 Å². The van der Waals surface area contributed by atoms with Crippen molar-refractivity contribution in [3.63, 3.8) is 0 Å². The lowest BCUT2D eigenvalue weighted by Gasteiger charge is -2.16. The normalized spacial score (nSPS) is 11.9. The van der Waals surface area contributed by atoms with Crippen LogP contribution in [0.1, 0.15) is 37.6 Å². The Balaban J connectivity index is 2.99. The fourth-order valence-corrected chi connectivity index (χ4v) is 1.31. The largest absolute Gasteiger partial charge is 0.490 e. The lowest BCUT2D eigenvalue weighted by atomic mass is 10.2. The zero-order valence-corrected chi connectivity index (χ0v) is 10.4. The Morgan fingerprint density at radius 1 is 1.35 bits per heavy atom. The first-order valence-corrected chi connectivity index (χ1v) is 5.75. The number of carboxylic acid groups (broad SMARTS) is 1. The van der Waals surface area contributed by atoms with Crippen LogP contribution in [0.4, 0.5) is 0 Å². The molecule has 94 valence electrons. The first kappa shape index (κ1) is 13.4. The molecule has 0 spiro atoms. The molecule has 4 nitrogen and oxygen atoms in total. The Kier molecular flexibility index (Phi) is 4.82. The number of rotatable bonds is 6. The molecule has 0 aliphatic rings. The van der Waals surface area contributed by atoms with E-state index in [1.165, 1.54) is 12.1 Å². The topological polar surface area (TPSA) is 55.8 Å². The van der Waals surface area contributed by atoms with Gasteiger partial charge >= 0.3 is 5.97 Å². The van der Waals surface area contributed by atoms with Gasteiger partial charge in [0.1, 0.15) is 0 Å². The third-order valence-electron chi connectivity index (χ3n) is 2.39. The summed E-state index contributed by atoms with van der Waals surface area (Å²) in [5.41, 5.74) is 0.199. The molecule has 0 saturated heterocycles. The van der Waals surface area contributed by atoms with Gasteiger partial charge in [0.2, 0.25) is 0 Å². The van der Waals surface area contributed by atoms with Crippen LogP contribution in [0.2, 0.25) is 0 Å². The molecule has 1 unspecified atom stereocenters. The first-order valence-electron chi connectivity index (χ1n) is 5.75. The molecule has 0 fully saturated rings. The van der Waals surface area contributed by atoms with E-state index >= 15 is 0 Å². The summed E-state index contributed by atoms with van der Waals surface area (Å²) in [6, 6.07) is 4.65. The second-order valence-electron chi connectivity index (χ2n) is 3.74. The third kappa shape index (κ3) is 3.66. The van der Waals surface area contributed by atoms with Crippen molar-refractivity contribution in [2.75, 3.05) is 6.61 Å². The van der Waals surface area contributed by atoms with E-state index < -0.39 is 5.97 Å². The highest BCUT2D eigenvalue weighted by Gasteiger charge is 2.12. The highest BCUT2D eigenvalue weighted by molar-refractivity contribution is 5.88. The zero-order valence-electron chi connectivity index (χ0n) is 10.4. The van der Waals surface area contributed by atoms with Crippen LogP contribution >= 0.6 is 0 Å². The average Bonchev–Trinajstić information content (AvgIpc) is 2.31. The first-order chi connectivity index (χ1) is 8.08. The number of carboxylic acids is 1. The maximum absolute atomic E-state index is 10.9. The number of aromatic carboxylic acids is 1. The second kappa shape index (κ2) is 6.13. The Morgan fingerprint density at radius 3 is 2.59 bits per heavy atom. The molecule has 0 bridgehead atoms. The van der Waals surface area contributed by atoms with Gasteiger partial charge in [-0.3, -0.25) is 0 Å². The van der Waals surface area contributed by atoms with Crippen molar-refractivity contribution in [3.8, 4) is 11.5 Å². The lowest BCUT2D eigenvalue weighted by Crippen LogP contribution is -2.11. The van der Waals surface area contributed by atoms with Crippen molar-refractivity contribution >= 4 is 5.97 Å². The molecule has 0 aromatic heterocycles. The lowest BCUT2D eigenvalue weighted by molar-refractivity contribution is 0.0696. The van der Waals surface area contributed by atoms with Gasteiger partial charge < -0.3 is 14.6 Å². The maximum atomic E-state index is 10.9. The molecule has 1 N–H and O–H groups in total. The van der Waals surface area contributed by atoms with Gasteiger partial charge in [0, 0.05) is 0 Å². The molecule has 1 rings (SSSR count). The molecule has 1 atom stereocenters. The number of ether oxygens (including phenoxy) is 2. The number of benzene rings is 1. The Morgan fingerprint density at radius 2 is 2.06 bits per heavy atom. The molecule has 17 heavy (non-hydrogen) atoms. The Bertz CT molecular complexity index is 387. The van der Waals surface area contributed by atoms with Gasteiger partial charge in [-0.25, -0.2) is 4.79 Å². The van der Waals surface area contributed by atoms with E-state index in [9.17, 15) is 4.79 Å². The molecular formula is C13H18O4. The van der Waals surface area contributed by atoms with Crippen LogP contribution in [0.25, 0.3) is 0 Å². The van der Waals surface area contributed by atoms with Crippen molar-refractivity contribution in [2.45, 2.75) is 33.3 Å². The van der Waals surface area contributed by atoms with Gasteiger partial charge in [0.05, 0.1) is 18.3 Å². The van der Waals surface area contributed by atoms with Gasteiger partial charge in [0.25, 0.3) is 0 Å². The molecule has 0 radical (unpaired) electrons. The summed E-state index contributed by atoms with van der Waals surface area (Å²) in [7, 11) is 0. The highest BCUT2D eigenvalue weighted by atomic mass is 16.5. The van der Waals surface area contributed by atoms with Crippen molar-refractivity contribution in [1.82, 2.24) is 0 Å². The average molecular weight is 238 g/mol. The van der Waals surface area contributed by atoms with E-state index in [2.05, 4.69) is 0 Å². The van der Waals surface area contributed by atoms with Gasteiger partial charge in [-0.15, -0.1) is 0 Å². The van der Waals surface area contributed by atoms with Crippen LogP contribution in [0.5, 0.6) is 11.5 Å². The van der Waals surface area contributed by atoms with Crippen LogP contribution in [0, 0.1) is 0 Å². The fourth-order valence-electron chi connectivity index (χ4n) is 1.31. The molecule has 4 heteroatoms. The summed E-state index contributed by atoms with van der Waals surface area (Å²) < 4.78 is 11.0. The summed E-state index contributed by atoms with van der Waals surface area (Å²) in [5.74, 6) is 0.0972.